The molecule has 0 aliphatic carbocycles. The van der Waals surface area contributed by atoms with Crippen LogP contribution in [-0.4, -0.2) is 10.4 Å². The molecule has 0 bridgehead atoms. The smallest absolute Gasteiger partial charge is 0.185 e. The third-order valence-corrected chi connectivity index (χ3v) is 3.50. The van der Waals surface area contributed by atoms with Gasteiger partial charge in [-0.25, -0.2) is 0 Å². The highest BCUT2D eigenvalue weighted by Gasteiger charge is 2.03. The molecule has 0 aliphatic heterocycles. The lowest BCUT2D eigenvalue weighted by Crippen LogP contribution is -1.97. The molecule has 0 fully saturated rings. The van der Waals surface area contributed by atoms with E-state index < -0.39 is 0 Å². The fraction of sp³-hybridized carbons (Fsp3) is 0.0500. The predicted octanol–water partition coefficient (Wildman–Crippen LogP) is 4.68. The minimum Gasteiger partial charge on any atom is -0.324 e. The van der Waals surface area contributed by atoms with Crippen molar-refractivity contribution in [1.29, 1.82) is 0 Å². The van der Waals surface area contributed by atoms with Gasteiger partial charge in [-0.3, -0.25) is 4.79 Å². The van der Waals surface area contributed by atoms with Crippen LogP contribution in [0, 0.1) is 6.92 Å². The van der Waals surface area contributed by atoms with Gasteiger partial charge in [-0.2, -0.15) is 0 Å². The van der Waals surface area contributed by atoms with Crippen LogP contribution < -0.4 is 0 Å². The lowest BCUT2D eigenvalue weighted by Gasteiger charge is -2.04. The van der Waals surface area contributed by atoms with Crippen LogP contribution in [0.2, 0.25) is 0 Å². The van der Waals surface area contributed by atoms with Crippen molar-refractivity contribution in [3.05, 3.63) is 95.8 Å². The molecule has 108 valence electrons. The number of carbonyl (C=O) groups excluding carboxylic acids is 1. The summed E-state index contributed by atoms with van der Waals surface area (Å²) < 4.78 is 1.99. The predicted molar refractivity (Wildman–Crippen MR) is 90.3 cm³/mol. The molecule has 0 radical (unpaired) electrons. The molecule has 3 aromatic rings. The van der Waals surface area contributed by atoms with Crippen molar-refractivity contribution in [3.63, 3.8) is 0 Å². The number of hydrogen-bond acceptors (Lipinski definition) is 1. The number of carbonyl (C=O) groups is 1. The Morgan fingerprint density at radius 2 is 1.73 bits per heavy atom. The Kier molecular flexibility index (Phi) is 4.01. The minimum absolute atomic E-state index is 0.00973. The molecule has 0 amide bonds. The van der Waals surface area contributed by atoms with Gasteiger partial charge in [-0.15, -0.1) is 0 Å². The van der Waals surface area contributed by atoms with Gasteiger partial charge in [0.15, 0.2) is 5.78 Å². The Morgan fingerprint density at radius 1 is 0.955 bits per heavy atom. The molecule has 3 rings (SSSR count). The number of rotatable bonds is 4. The monoisotopic (exact) mass is 287 g/mol. The van der Waals surface area contributed by atoms with Gasteiger partial charge in [0.1, 0.15) is 0 Å². The van der Waals surface area contributed by atoms with E-state index >= 15 is 0 Å². The van der Waals surface area contributed by atoms with E-state index in [1.165, 1.54) is 5.56 Å². The Morgan fingerprint density at radius 3 is 2.50 bits per heavy atom. The number of aryl methyl sites for hydroxylation is 1. The number of allylic oxidation sites excluding steroid dienone is 1. The van der Waals surface area contributed by atoms with Crippen molar-refractivity contribution < 1.29 is 4.79 Å². The number of aromatic nitrogens is 1. The molecule has 0 saturated carbocycles. The van der Waals surface area contributed by atoms with E-state index in [0.717, 1.165) is 11.3 Å². The molecular formula is C20H17NO. The van der Waals surface area contributed by atoms with Gasteiger partial charge in [0.25, 0.3) is 0 Å². The third kappa shape index (κ3) is 3.23. The van der Waals surface area contributed by atoms with Gasteiger partial charge < -0.3 is 4.57 Å². The number of nitrogens with zero attached hydrogens (tertiary/aromatic N) is 1. The maximum Gasteiger partial charge on any atom is 0.185 e. The highest BCUT2D eigenvalue weighted by molar-refractivity contribution is 6.07. The van der Waals surface area contributed by atoms with Crippen molar-refractivity contribution in [2.45, 2.75) is 6.92 Å². The maximum absolute atomic E-state index is 12.3. The van der Waals surface area contributed by atoms with Gasteiger partial charge in [0, 0.05) is 23.6 Å². The Bertz CT molecular complexity index is 813. The van der Waals surface area contributed by atoms with Crippen LogP contribution in [0.25, 0.3) is 11.8 Å². The standard InChI is InChI=1S/C20H17NO/c1-16-6-4-7-17(14-16)10-11-20(22)18-8-5-9-19(15-18)21-12-2-3-13-21/h2-15H,1H3/b11-10+. The summed E-state index contributed by atoms with van der Waals surface area (Å²) >= 11 is 0. The number of ketones is 1. The molecule has 2 aromatic carbocycles. The van der Waals surface area contributed by atoms with Gasteiger partial charge in [-0.1, -0.05) is 48.0 Å². The molecule has 22 heavy (non-hydrogen) atoms. The summed E-state index contributed by atoms with van der Waals surface area (Å²) in [6, 6.07) is 19.7. The first-order chi connectivity index (χ1) is 10.7. The average Bonchev–Trinajstić information content (AvgIpc) is 3.07. The van der Waals surface area contributed by atoms with E-state index in [2.05, 4.69) is 6.07 Å². The second kappa shape index (κ2) is 6.27. The topological polar surface area (TPSA) is 22.0 Å². The minimum atomic E-state index is 0.00973. The Hall–Kier alpha value is -2.87. The fourth-order valence-corrected chi connectivity index (χ4v) is 2.37. The molecule has 1 heterocycles. The first-order valence-corrected chi connectivity index (χ1v) is 7.25. The van der Waals surface area contributed by atoms with Crippen LogP contribution in [-0.2, 0) is 0 Å². The van der Waals surface area contributed by atoms with Crippen LogP contribution in [0.1, 0.15) is 21.5 Å². The van der Waals surface area contributed by atoms with Crippen molar-refractivity contribution in [2.75, 3.05) is 0 Å². The van der Waals surface area contributed by atoms with Crippen molar-refractivity contribution in [3.8, 4) is 5.69 Å². The number of hydrogen-bond donors (Lipinski definition) is 0. The summed E-state index contributed by atoms with van der Waals surface area (Å²) in [5.74, 6) is 0.00973. The normalized spacial score (nSPS) is 11.0. The zero-order valence-electron chi connectivity index (χ0n) is 12.4. The second-order valence-electron chi connectivity index (χ2n) is 5.25. The van der Waals surface area contributed by atoms with E-state index in [9.17, 15) is 4.79 Å². The number of benzene rings is 2. The van der Waals surface area contributed by atoms with Crippen LogP contribution in [0.15, 0.2) is 79.1 Å². The molecule has 0 saturated heterocycles. The van der Waals surface area contributed by atoms with E-state index in [4.69, 9.17) is 0 Å². The summed E-state index contributed by atoms with van der Waals surface area (Å²) in [4.78, 5) is 12.3. The van der Waals surface area contributed by atoms with E-state index in [1.54, 1.807) is 6.08 Å². The summed E-state index contributed by atoms with van der Waals surface area (Å²) in [5, 5.41) is 0. The summed E-state index contributed by atoms with van der Waals surface area (Å²) in [6.45, 7) is 2.04. The molecule has 2 heteroatoms. The quantitative estimate of drug-likeness (QED) is 0.504. The largest absolute Gasteiger partial charge is 0.324 e. The van der Waals surface area contributed by atoms with Crippen LogP contribution >= 0.6 is 0 Å². The second-order valence-corrected chi connectivity index (χ2v) is 5.25. The van der Waals surface area contributed by atoms with Gasteiger partial charge in [-0.05, 0) is 42.8 Å². The fourth-order valence-electron chi connectivity index (χ4n) is 2.37. The lowest BCUT2D eigenvalue weighted by molar-refractivity contribution is 0.104. The van der Waals surface area contributed by atoms with E-state index in [-0.39, 0.29) is 5.78 Å². The van der Waals surface area contributed by atoms with Crippen molar-refractivity contribution in [2.24, 2.45) is 0 Å². The van der Waals surface area contributed by atoms with Gasteiger partial charge in [0.05, 0.1) is 0 Å². The first-order valence-electron chi connectivity index (χ1n) is 7.25. The van der Waals surface area contributed by atoms with E-state index in [0.29, 0.717) is 5.56 Å². The molecule has 0 spiro atoms. The molecule has 2 nitrogen and oxygen atoms in total. The summed E-state index contributed by atoms with van der Waals surface area (Å²) in [7, 11) is 0. The van der Waals surface area contributed by atoms with E-state index in [1.807, 2.05) is 84.6 Å². The van der Waals surface area contributed by atoms with Crippen LogP contribution in [0.4, 0.5) is 0 Å². The Balaban J connectivity index is 1.82. The molecule has 0 unspecified atom stereocenters. The third-order valence-electron chi connectivity index (χ3n) is 3.50. The molecule has 0 atom stereocenters. The molecular weight excluding hydrogens is 270 g/mol. The molecule has 0 aliphatic rings. The van der Waals surface area contributed by atoms with Crippen molar-refractivity contribution in [1.82, 2.24) is 4.57 Å². The molecule has 1 aromatic heterocycles. The maximum atomic E-state index is 12.3. The highest BCUT2D eigenvalue weighted by Crippen LogP contribution is 2.13. The zero-order chi connectivity index (χ0) is 15.4. The summed E-state index contributed by atoms with van der Waals surface area (Å²) in [6.07, 6.45) is 7.42. The van der Waals surface area contributed by atoms with Gasteiger partial charge >= 0.3 is 0 Å². The highest BCUT2D eigenvalue weighted by atomic mass is 16.1. The zero-order valence-corrected chi connectivity index (χ0v) is 12.4. The SMILES string of the molecule is Cc1cccc(/C=C/C(=O)c2cccc(-n3cccc3)c2)c1. The van der Waals surface area contributed by atoms with Crippen molar-refractivity contribution >= 4 is 11.9 Å². The summed E-state index contributed by atoms with van der Waals surface area (Å²) in [5.41, 5.74) is 3.90. The van der Waals surface area contributed by atoms with Gasteiger partial charge in [0.2, 0.25) is 0 Å². The molecule has 0 N–H and O–H groups in total. The Labute approximate surface area is 130 Å². The average molecular weight is 287 g/mol. The lowest BCUT2D eigenvalue weighted by atomic mass is 10.1. The van der Waals surface area contributed by atoms with Crippen LogP contribution in [0.5, 0.6) is 0 Å². The van der Waals surface area contributed by atoms with Crippen LogP contribution in [0.3, 0.4) is 0 Å². The first kappa shape index (κ1) is 14.1.